The Morgan fingerprint density at radius 1 is 1.12 bits per heavy atom. The van der Waals surface area contributed by atoms with Gasteiger partial charge in [0.15, 0.2) is 0 Å². The molecule has 2 nitrogen and oxygen atoms in total. The summed E-state index contributed by atoms with van der Waals surface area (Å²) >= 11 is 0. The molecule has 0 saturated heterocycles. The fourth-order valence-electron chi connectivity index (χ4n) is 2.37. The van der Waals surface area contributed by atoms with Crippen LogP contribution in [0.3, 0.4) is 0 Å². The maximum atomic E-state index is 5.58. The smallest absolute Gasteiger partial charge is 0.0366 e. The molecule has 0 radical (unpaired) electrons. The van der Waals surface area contributed by atoms with E-state index in [0.717, 1.165) is 6.04 Å². The number of anilines is 1. The van der Waals surface area contributed by atoms with E-state index in [1.807, 2.05) is 0 Å². The van der Waals surface area contributed by atoms with E-state index in [1.54, 1.807) is 0 Å². The Kier molecular flexibility index (Phi) is 7.60. The van der Waals surface area contributed by atoms with Gasteiger partial charge in [-0.15, -0.1) is 24.8 Å². The van der Waals surface area contributed by atoms with Crippen LogP contribution in [0.1, 0.15) is 31.2 Å². The average molecular weight is 277 g/mol. The summed E-state index contributed by atoms with van der Waals surface area (Å²) in [4.78, 5) is 2.41. The van der Waals surface area contributed by atoms with Gasteiger partial charge >= 0.3 is 0 Å². The molecule has 17 heavy (non-hydrogen) atoms. The summed E-state index contributed by atoms with van der Waals surface area (Å²) in [6.45, 7) is 0.632. The molecule has 0 heterocycles. The van der Waals surface area contributed by atoms with Crippen LogP contribution in [-0.2, 0) is 6.54 Å². The van der Waals surface area contributed by atoms with Gasteiger partial charge in [0.2, 0.25) is 0 Å². The zero-order valence-corrected chi connectivity index (χ0v) is 11.9. The van der Waals surface area contributed by atoms with Crippen molar-refractivity contribution in [3.8, 4) is 0 Å². The van der Waals surface area contributed by atoms with Crippen molar-refractivity contribution in [3.63, 3.8) is 0 Å². The molecule has 0 aromatic heterocycles. The number of hydrogen-bond acceptors (Lipinski definition) is 2. The van der Waals surface area contributed by atoms with Crippen molar-refractivity contribution < 1.29 is 0 Å². The molecular formula is C13H22Cl2N2. The standard InChI is InChI=1S/C13H20N2.2ClH/c1-15(12-4-2-3-5-12)13-8-6-11(10-14)7-9-13;;/h6-9,12H,2-5,10,14H2,1H3;2*1H. The van der Waals surface area contributed by atoms with E-state index in [-0.39, 0.29) is 24.8 Å². The molecule has 98 valence electrons. The Bertz CT molecular complexity index is 308. The van der Waals surface area contributed by atoms with Crippen molar-refractivity contribution in [1.82, 2.24) is 0 Å². The largest absolute Gasteiger partial charge is 0.372 e. The number of halogens is 2. The lowest BCUT2D eigenvalue weighted by Gasteiger charge is -2.26. The number of benzene rings is 1. The topological polar surface area (TPSA) is 29.3 Å². The second-order valence-electron chi connectivity index (χ2n) is 4.42. The SMILES string of the molecule is CN(c1ccc(CN)cc1)C1CCCC1.Cl.Cl. The van der Waals surface area contributed by atoms with Crippen molar-refractivity contribution in [2.24, 2.45) is 5.73 Å². The van der Waals surface area contributed by atoms with Gasteiger partial charge in [-0.2, -0.15) is 0 Å². The van der Waals surface area contributed by atoms with E-state index < -0.39 is 0 Å². The van der Waals surface area contributed by atoms with Gasteiger partial charge in [-0.05, 0) is 30.5 Å². The lowest BCUT2D eigenvalue weighted by molar-refractivity contribution is 0.653. The first kappa shape index (κ1) is 16.6. The van der Waals surface area contributed by atoms with Gasteiger partial charge in [0.05, 0.1) is 0 Å². The first-order valence-corrected chi connectivity index (χ1v) is 5.83. The minimum absolute atomic E-state index is 0. The fourth-order valence-corrected chi connectivity index (χ4v) is 2.37. The normalized spacial score (nSPS) is 14.9. The summed E-state index contributed by atoms with van der Waals surface area (Å²) in [5.74, 6) is 0. The highest BCUT2D eigenvalue weighted by molar-refractivity contribution is 5.85. The average Bonchev–Trinajstić information content (AvgIpc) is 2.82. The third kappa shape index (κ3) is 4.06. The first-order chi connectivity index (χ1) is 7.31. The van der Waals surface area contributed by atoms with Gasteiger partial charge < -0.3 is 10.6 Å². The van der Waals surface area contributed by atoms with E-state index >= 15 is 0 Å². The predicted octanol–water partition coefficient (Wildman–Crippen LogP) is 3.37. The number of nitrogens with two attached hydrogens (primary N) is 1. The molecule has 1 aromatic carbocycles. The third-order valence-corrected chi connectivity index (χ3v) is 3.45. The Morgan fingerprint density at radius 2 is 1.65 bits per heavy atom. The van der Waals surface area contributed by atoms with Gasteiger partial charge in [0, 0.05) is 25.3 Å². The van der Waals surface area contributed by atoms with Crippen molar-refractivity contribution in [3.05, 3.63) is 29.8 Å². The van der Waals surface area contributed by atoms with E-state index in [9.17, 15) is 0 Å². The van der Waals surface area contributed by atoms with E-state index in [1.165, 1.54) is 36.9 Å². The number of rotatable bonds is 3. The third-order valence-electron chi connectivity index (χ3n) is 3.45. The maximum Gasteiger partial charge on any atom is 0.0366 e. The van der Waals surface area contributed by atoms with Crippen LogP contribution >= 0.6 is 24.8 Å². The Labute approximate surface area is 116 Å². The quantitative estimate of drug-likeness (QED) is 0.917. The molecule has 2 rings (SSSR count). The van der Waals surface area contributed by atoms with Gasteiger partial charge in [-0.3, -0.25) is 0 Å². The number of hydrogen-bond donors (Lipinski definition) is 1. The molecule has 1 fully saturated rings. The second-order valence-corrected chi connectivity index (χ2v) is 4.42. The second kappa shape index (κ2) is 7.80. The first-order valence-electron chi connectivity index (χ1n) is 5.83. The van der Waals surface area contributed by atoms with Crippen molar-refractivity contribution in [2.75, 3.05) is 11.9 Å². The lowest BCUT2D eigenvalue weighted by Crippen LogP contribution is -2.28. The molecule has 0 unspecified atom stereocenters. The van der Waals surface area contributed by atoms with Crippen molar-refractivity contribution in [2.45, 2.75) is 38.3 Å². The van der Waals surface area contributed by atoms with E-state index in [0.29, 0.717) is 6.54 Å². The molecule has 0 spiro atoms. The summed E-state index contributed by atoms with van der Waals surface area (Å²) in [6, 6.07) is 9.36. The molecule has 4 heteroatoms. The van der Waals surface area contributed by atoms with Crippen LogP contribution in [0.15, 0.2) is 24.3 Å². The van der Waals surface area contributed by atoms with E-state index in [2.05, 4.69) is 36.2 Å². The minimum atomic E-state index is 0. The molecule has 1 saturated carbocycles. The lowest BCUT2D eigenvalue weighted by atomic mass is 10.1. The molecule has 0 atom stereocenters. The fraction of sp³-hybridized carbons (Fsp3) is 0.538. The van der Waals surface area contributed by atoms with Gasteiger partial charge in [0.25, 0.3) is 0 Å². The maximum absolute atomic E-state index is 5.58. The molecule has 2 N–H and O–H groups in total. The summed E-state index contributed by atoms with van der Waals surface area (Å²) in [5.41, 5.74) is 8.11. The Hall–Kier alpha value is -0.440. The Balaban J connectivity index is 0.00000128. The monoisotopic (exact) mass is 276 g/mol. The molecule has 1 aliphatic carbocycles. The van der Waals surface area contributed by atoms with Crippen molar-refractivity contribution >= 4 is 30.5 Å². The minimum Gasteiger partial charge on any atom is -0.372 e. The molecule has 0 bridgehead atoms. The van der Waals surface area contributed by atoms with Crippen LogP contribution in [0, 0.1) is 0 Å². The highest BCUT2D eigenvalue weighted by atomic mass is 35.5. The van der Waals surface area contributed by atoms with Crippen LogP contribution in [0.5, 0.6) is 0 Å². The predicted molar refractivity (Wildman–Crippen MR) is 79.5 cm³/mol. The summed E-state index contributed by atoms with van der Waals surface area (Å²) in [5, 5.41) is 0. The molecular weight excluding hydrogens is 255 g/mol. The summed E-state index contributed by atoms with van der Waals surface area (Å²) < 4.78 is 0. The molecule has 1 aromatic rings. The summed E-state index contributed by atoms with van der Waals surface area (Å²) in [7, 11) is 2.20. The highest BCUT2D eigenvalue weighted by Gasteiger charge is 2.19. The van der Waals surface area contributed by atoms with Crippen molar-refractivity contribution in [1.29, 1.82) is 0 Å². The molecule has 0 amide bonds. The van der Waals surface area contributed by atoms with Crippen LogP contribution in [0.2, 0.25) is 0 Å². The summed E-state index contributed by atoms with van der Waals surface area (Å²) in [6.07, 6.45) is 5.45. The zero-order chi connectivity index (χ0) is 10.7. The number of nitrogens with zero attached hydrogens (tertiary/aromatic N) is 1. The van der Waals surface area contributed by atoms with Crippen LogP contribution < -0.4 is 10.6 Å². The van der Waals surface area contributed by atoms with Gasteiger partial charge in [-0.25, -0.2) is 0 Å². The molecule has 0 aliphatic heterocycles. The molecule has 1 aliphatic rings. The van der Waals surface area contributed by atoms with Crippen LogP contribution in [-0.4, -0.2) is 13.1 Å². The van der Waals surface area contributed by atoms with Gasteiger partial charge in [-0.1, -0.05) is 25.0 Å². The zero-order valence-electron chi connectivity index (χ0n) is 10.3. The van der Waals surface area contributed by atoms with Gasteiger partial charge in [0.1, 0.15) is 0 Å². The Morgan fingerprint density at radius 3 is 2.12 bits per heavy atom. The van der Waals surface area contributed by atoms with Crippen LogP contribution in [0.4, 0.5) is 5.69 Å². The van der Waals surface area contributed by atoms with E-state index in [4.69, 9.17) is 5.73 Å². The highest BCUT2D eigenvalue weighted by Crippen LogP contribution is 2.26. The van der Waals surface area contributed by atoms with Crippen LogP contribution in [0.25, 0.3) is 0 Å².